The first kappa shape index (κ1) is 19.5. The Kier molecular flexibility index (Phi) is 5.36. The van der Waals surface area contributed by atoms with Crippen LogP contribution in [-0.2, 0) is 13.1 Å². The van der Waals surface area contributed by atoms with Crippen LogP contribution in [0.15, 0.2) is 72.6 Å². The smallest absolute Gasteiger partial charge is 0.262 e. The lowest BCUT2D eigenvalue weighted by molar-refractivity contribution is 0.102. The lowest BCUT2D eigenvalue weighted by Crippen LogP contribution is -2.22. The molecule has 2 aromatic carbocycles. The van der Waals surface area contributed by atoms with E-state index >= 15 is 0 Å². The van der Waals surface area contributed by atoms with Crippen LogP contribution in [0.4, 0.5) is 5.69 Å². The number of amides is 1. The normalized spacial score (nSPS) is 10.8. The van der Waals surface area contributed by atoms with Gasteiger partial charge in [0.15, 0.2) is 4.77 Å². The van der Waals surface area contributed by atoms with E-state index in [0.29, 0.717) is 35.2 Å². The maximum atomic E-state index is 12.8. The number of nitrogens with zero attached hydrogens (tertiary/aromatic N) is 4. The summed E-state index contributed by atoms with van der Waals surface area (Å²) in [6.45, 7) is 4.51. The van der Waals surface area contributed by atoms with Crippen molar-refractivity contribution >= 4 is 34.7 Å². The molecule has 4 aromatic rings. The van der Waals surface area contributed by atoms with Crippen LogP contribution in [0.25, 0.3) is 10.9 Å². The molecule has 0 atom stereocenters. The van der Waals surface area contributed by atoms with Gasteiger partial charge in [0.25, 0.3) is 11.5 Å². The van der Waals surface area contributed by atoms with Gasteiger partial charge in [-0.3, -0.25) is 14.2 Å². The predicted octanol–water partition coefficient (Wildman–Crippen LogP) is 3.14. The van der Waals surface area contributed by atoms with Gasteiger partial charge in [-0.1, -0.05) is 18.2 Å². The minimum Gasteiger partial charge on any atom is -0.332 e. The quantitative estimate of drug-likeness (QED) is 0.370. The van der Waals surface area contributed by atoms with Gasteiger partial charge in [0.2, 0.25) is 0 Å². The molecule has 2 aromatic heterocycles. The standard InChI is InChI=1S/C21H18N6O2S/c1-2-8-27-20(29)17-7-6-15(10-18(17)25-21(27)30)19(28)24-16-5-3-4-14(9-16)11-26-13-22-12-23-26/h2-7,9-10,12-13H,1,8,11H2,(H,24,28)(H,25,30). The first-order valence-electron chi connectivity index (χ1n) is 9.15. The van der Waals surface area contributed by atoms with Crippen molar-refractivity contribution in [2.75, 3.05) is 5.32 Å². The van der Waals surface area contributed by atoms with Crippen molar-refractivity contribution in [2.45, 2.75) is 13.1 Å². The second-order valence-corrected chi connectivity index (χ2v) is 7.03. The minimum atomic E-state index is -0.288. The van der Waals surface area contributed by atoms with Gasteiger partial charge in [0, 0.05) is 17.8 Å². The molecule has 0 spiro atoms. The molecule has 4 rings (SSSR count). The summed E-state index contributed by atoms with van der Waals surface area (Å²) in [5.74, 6) is -0.288. The monoisotopic (exact) mass is 418 g/mol. The van der Waals surface area contributed by atoms with Crippen molar-refractivity contribution < 1.29 is 4.79 Å². The molecular weight excluding hydrogens is 400 g/mol. The Bertz CT molecular complexity index is 1350. The van der Waals surface area contributed by atoms with E-state index in [-0.39, 0.29) is 16.2 Å². The van der Waals surface area contributed by atoms with Gasteiger partial charge in [-0.2, -0.15) is 5.10 Å². The summed E-state index contributed by atoms with van der Waals surface area (Å²) in [7, 11) is 0. The second kappa shape index (κ2) is 8.26. The Hall–Kier alpha value is -3.85. The van der Waals surface area contributed by atoms with E-state index in [2.05, 4.69) is 27.0 Å². The Morgan fingerprint density at radius 1 is 1.27 bits per heavy atom. The average molecular weight is 418 g/mol. The fourth-order valence-corrected chi connectivity index (χ4v) is 3.41. The number of rotatable bonds is 6. The molecule has 2 N–H and O–H groups in total. The van der Waals surface area contributed by atoms with E-state index in [1.54, 1.807) is 35.3 Å². The van der Waals surface area contributed by atoms with Crippen molar-refractivity contribution in [1.29, 1.82) is 0 Å². The lowest BCUT2D eigenvalue weighted by atomic mass is 10.1. The van der Waals surface area contributed by atoms with Gasteiger partial charge in [-0.15, -0.1) is 6.58 Å². The van der Waals surface area contributed by atoms with Gasteiger partial charge in [-0.25, -0.2) is 9.67 Å². The molecule has 0 aliphatic heterocycles. The van der Waals surface area contributed by atoms with Gasteiger partial charge in [0.05, 0.1) is 17.4 Å². The van der Waals surface area contributed by atoms with Gasteiger partial charge >= 0.3 is 0 Å². The third-order valence-corrected chi connectivity index (χ3v) is 4.87. The fourth-order valence-electron chi connectivity index (χ4n) is 3.14. The van der Waals surface area contributed by atoms with Crippen LogP contribution in [0, 0.1) is 4.77 Å². The average Bonchev–Trinajstić information content (AvgIpc) is 3.24. The molecule has 9 heteroatoms. The number of carbonyl (C=O) groups is 1. The van der Waals surface area contributed by atoms with Crippen molar-refractivity contribution in [3.63, 3.8) is 0 Å². The van der Waals surface area contributed by atoms with Crippen molar-refractivity contribution in [3.8, 4) is 0 Å². The van der Waals surface area contributed by atoms with Crippen LogP contribution < -0.4 is 10.9 Å². The van der Waals surface area contributed by atoms with Crippen LogP contribution >= 0.6 is 12.2 Å². The molecule has 0 saturated carbocycles. The fraction of sp³-hybridized carbons (Fsp3) is 0.0952. The third kappa shape index (κ3) is 3.96. The molecule has 2 heterocycles. The third-order valence-electron chi connectivity index (χ3n) is 4.55. The first-order chi connectivity index (χ1) is 14.5. The van der Waals surface area contributed by atoms with E-state index in [4.69, 9.17) is 12.2 Å². The number of nitrogens with one attached hydrogen (secondary N) is 2. The zero-order chi connectivity index (χ0) is 21.1. The second-order valence-electron chi connectivity index (χ2n) is 6.64. The molecule has 8 nitrogen and oxygen atoms in total. The predicted molar refractivity (Wildman–Crippen MR) is 117 cm³/mol. The summed E-state index contributed by atoms with van der Waals surface area (Å²) >= 11 is 5.26. The van der Waals surface area contributed by atoms with E-state index < -0.39 is 0 Å². The van der Waals surface area contributed by atoms with Gasteiger partial charge < -0.3 is 10.3 Å². The van der Waals surface area contributed by atoms with Gasteiger partial charge in [-0.05, 0) is 48.1 Å². The number of anilines is 1. The summed E-state index contributed by atoms with van der Waals surface area (Å²) in [4.78, 5) is 32.3. The van der Waals surface area contributed by atoms with Crippen LogP contribution in [0.1, 0.15) is 15.9 Å². The van der Waals surface area contributed by atoms with Crippen molar-refractivity contribution in [3.05, 3.63) is 94.0 Å². The zero-order valence-electron chi connectivity index (χ0n) is 15.9. The number of H-pyrrole nitrogens is 1. The van der Waals surface area contributed by atoms with Crippen LogP contribution in [0.2, 0.25) is 0 Å². The van der Waals surface area contributed by atoms with Crippen LogP contribution in [-0.4, -0.2) is 30.2 Å². The zero-order valence-corrected chi connectivity index (χ0v) is 16.7. The Balaban J connectivity index is 1.59. The molecule has 0 saturated heterocycles. The van der Waals surface area contributed by atoms with Crippen LogP contribution in [0.3, 0.4) is 0 Å². The highest BCUT2D eigenvalue weighted by Gasteiger charge is 2.11. The first-order valence-corrected chi connectivity index (χ1v) is 9.56. The number of hydrogen-bond acceptors (Lipinski definition) is 5. The van der Waals surface area contributed by atoms with E-state index in [9.17, 15) is 9.59 Å². The summed E-state index contributed by atoms with van der Waals surface area (Å²) in [6, 6.07) is 12.4. The molecule has 1 amide bonds. The molecule has 0 bridgehead atoms. The number of fused-ring (bicyclic) bond motifs is 1. The topological polar surface area (TPSA) is 97.6 Å². The highest BCUT2D eigenvalue weighted by atomic mass is 32.1. The molecule has 0 unspecified atom stereocenters. The maximum Gasteiger partial charge on any atom is 0.262 e. The van der Waals surface area contributed by atoms with Crippen molar-refractivity contribution in [1.82, 2.24) is 24.3 Å². The molecule has 0 aliphatic carbocycles. The number of allylic oxidation sites excluding steroid dienone is 1. The molecular formula is C21H18N6O2S. The number of aromatic amines is 1. The molecule has 0 aliphatic rings. The lowest BCUT2D eigenvalue weighted by Gasteiger charge is -2.09. The Labute approximate surface area is 176 Å². The van der Waals surface area contributed by atoms with Crippen LogP contribution in [0.5, 0.6) is 0 Å². The Morgan fingerprint density at radius 3 is 2.90 bits per heavy atom. The van der Waals surface area contributed by atoms with E-state index in [1.165, 1.54) is 10.9 Å². The SMILES string of the molecule is C=CCn1c(=S)[nH]c2cc(C(=O)Nc3cccc(Cn4cncn4)c3)ccc2c1=O. The Morgan fingerprint density at radius 2 is 2.13 bits per heavy atom. The molecule has 150 valence electrons. The maximum absolute atomic E-state index is 12.8. The van der Waals surface area contributed by atoms with E-state index in [1.807, 2.05) is 24.3 Å². The summed E-state index contributed by atoms with van der Waals surface area (Å²) in [5.41, 5.74) is 2.34. The largest absolute Gasteiger partial charge is 0.332 e. The minimum absolute atomic E-state index is 0.221. The number of carbonyl (C=O) groups excluding carboxylic acids is 1. The summed E-state index contributed by atoms with van der Waals surface area (Å²) < 4.78 is 3.40. The summed E-state index contributed by atoms with van der Waals surface area (Å²) in [6.07, 6.45) is 4.71. The number of aromatic nitrogens is 5. The number of benzene rings is 2. The van der Waals surface area contributed by atoms with E-state index in [0.717, 1.165) is 5.56 Å². The highest BCUT2D eigenvalue weighted by molar-refractivity contribution is 7.71. The molecule has 30 heavy (non-hydrogen) atoms. The highest BCUT2D eigenvalue weighted by Crippen LogP contribution is 2.15. The molecule has 0 radical (unpaired) electrons. The van der Waals surface area contributed by atoms with Gasteiger partial charge in [0.1, 0.15) is 12.7 Å². The molecule has 0 fully saturated rings. The van der Waals surface area contributed by atoms with Crippen molar-refractivity contribution in [2.24, 2.45) is 0 Å². The summed E-state index contributed by atoms with van der Waals surface area (Å²) in [5, 5.41) is 7.42. The number of hydrogen-bond donors (Lipinski definition) is 2.